The summed E-state index contributed by atoms with van der Waals surface area (Å²) >= 11 is 0. The van der Waals surface area contributed by atoms with Gasteiger partial charge in [-0.25, -0.2) is 4.98 Å². The minimum absolute atomic E-state index is 0.111. The Kier molecular flexibility index (Phi) is 5.59. The highest BCUT2D eigenvalue weighted by Gasteiger charge is 2.18. The summed E-state index contributed by atoms with van der Waals surface area (Å²) in [6.07, 6.45) is 0.682. The van der Waals surface area contributed by atoms with Crippen molar-refractivity contribution in [1.82, 2.24) is 9.88 Å². The van der Waals surface area contributed by atoms with Crippen LogP contribution in [0.4, 0.5) is 0 Å². The van der Waals surface area contributed by atoms with Crippen LogP contribution in [0.5, 0.6) is 11.5 Å². The van der Waals surface area contributed by atoms with Crippen molar-refractivity contribution in [3.8, 4) is 11.5 Å². The molecule has 23 heavy (non-hydrogen) atoms. The predicted octanol–water partition coefficient (Wildman–Crippen LogP) is 1.72. The standard InChI is InChI=1S/C16H20N2O5/c1-11(19)8-18(2)16(20)14-9-23-15(17-14)10-22-13-6-4-12(21-3)5-7-13/h4-7,9,11,19H,8,10H2,1-3H3/t11-/m0/s1. The molecule has 0 unspecified atom stereocenters. The summed E-state index contributed by atoms with van der Waals surface area (Å²) in [7, 11) is 3.19. The van der Waals surface area contributed by atoms with E-state index in [9.17, 15) is 9.90 Å². The third-order valence-electron chi connectivity index (χ3n) is 3.08. The van der Waals surface area contributed by atoms with E-state index in [0.717, 1.165) is 5.75 Å². The number of rotatable bonds is 7. The molecular weight excluding hydrogens is 300 g/mol. The summed E-state index contributed by atoms with van der Waals surface area (Å²) < 4.78 is 15.8. The number of ether oxygens (including phenoxy) is 2. The summed E-state index contributed by atoms with van der Waals surface area (Å²) in [6, 6.07) is 7.10. The van der Waals surface area contributed by atoms with E-state index in [4.69, 9.17) is 13.9 Å². The van der Waals surface area contributed by atoms with Gasteiger partial charge in [-0.1, -0.05) is 0 Å². The molecule has 0 saturated heterocycles. The molecule has 1 N–H and O–H groups in total. The zero-order valence-electron chi connectivity index (χ0n) is 13.4. The van der Waals surface area contributed by atoms with Gasteiger partial charge in [-0.3, -0.25) is 4.79 Å². The Labute approximate surface area is 134 Å². The minimum Gasteiger partial charge on any atom is -0.497 e. The van der Waals surface area contributed by atoms with Gasteiger partial charge in [0.1, 0.15) is 17.8 Å². The van der Waals surface area contributed by atoms with E-state index in [1.807, 2.05) is 0 Å². The zero-order chi connectivity index (χ0) is 16.8. The van der Waals surface area contributed by atoms with E-state index in [1.54, 1.807) is 45.3 Å². The van der Waals surface area contributed by atoms with Gasteiger partial charge >= 0.3 is 0 Å². The molecule has 1 heterocycles. The second-order valence-corrected chi connectivity index (χ2v) is 5.13. The van der Waals surface area contributed by atoms with Crippen LogP contribution in [0.1, 0.15) is 23.3 Å². The largest absolute Gasteiger partial charge is 0.497 e. The average molecular weight is 320 g/mol. The highest BCUT2D eigenvalue weighted by atomic mass is 16.5. The van der Waals surface area contributed by atoms with Crippen molar-refractivity contribution in [3.05, 3.63) is 42.1 Å². The van der Waals surface area contributed by atoms with Gasteiger partial charge in [-0.05, 0) is 31.2 Å². The number of nitrogens with zero attached hydrogens (tertiary/aromatic N) is 2. The number of carbonyl (C=O) groups is 1. The second kappa shape index (κ2) is 7.64. The summed E-state index contributed by atoms with van der Waals surface area (Å²) in [5, 5.41) is 9.30. The van der Waals surface area contributed by atoms with E-state index in [1.165, 1.54) is 11.2 Å². The average Bonchev–Trinajstić information content (AvgIpc) is 3.01. The van der Waals surface area contributed by atoms with Crippen molar-refractivity contribution in [2.45, 2.75) is 19.6 Å². The predicted molar refractivity (Wildman–Crippen MR) is 82.5 cm³/mol. The molecule has 1 aromatic heterocycles. The van der Waals surface area contributed by atoms with Crippen LogP contribution in [0.25, 0.3) is 0 Å². The summed E-state index contributed by atoms with van der Waals surface area (Å²) in [5.74, 6) is 1.37. The van der Waals surface area contributed by atoms with Crippen molar-refractivity contribution in [3.63, 3.8) is 0 Å². The Hall–Kier alpha value is -2.54. The molecule has 1 aromatic carbocycles. The molecule has 0 spiro atoms. The molecule has 7 heteroatoms. The van der Waals surface area contributed by atoms with Crippen LogP contribution in [0, 0.1) is 0 Å². The smallest absolute Gasteiger partial charge is 0.275 e. The first-order valence-electron chi connectivity index (χ1n) is 7.14. The van der Waals surface area contributed by atoms with Crippen LogP contribution in [0.15, 0.2) is 34.9 Å². The van der Waals surface area contributed by atoms with E-state index in [-0.39, 0.29) is 24.8 Å². The third kappa shape index (κ3) is 4.72. The molecule has 0 fully saturated rings. The molecular formula is C16H20N2O5. The van der Waals surface area contributed by atoms with E-state index < -0.39 is 6.10 Å². The van der Waals surface area contributed by atoms with Gasteiger partial charge in [-0.2, -0.15) is 0 Å². The fourth-order valence-corrected chi connectivity index (χ4v) is 1.97. The van der Waals surface area contributed by atoms with Crippen LogP contribution < -0.4 is 9.47 Å². The lowest BCUT2D eigenvalue weighted by Gasteiger charge is -2.16. The van der Waals surface area contributed by atoms with Crippen molar-refractivity contribution in [1.29, 1.82) is 0 Å². The van der Waals surface area contributed by atoms with Gasteiger partial charge in [0.05, 0.1) is 13.2 Å². The van der Waals surface area contributed by atoms with Crippen molar-refractivity contribution in [2.24, 2.45) is 0 Å². The van der Waals surface area contributed by atoms with Gasteiger partial charge in [-0.15, -0.1) is 0 Å². The van der Waals surface area contributed by atoms with Gasteiger partial charge in [0, 0.05) is 13.6 Å². The Morgan fingerprint density at radius 2 is 2.00 bits per heavy atom. The number of aliphatic hydroxyl groups is 1. The molecule has 0 aliphatic rings. The Balaban J connectivity index is 1.92. The monoisotopic (exact) mass is 320 g/mol. The van der Waals surface area contributed by atoms with E-state index in [0.29, 0.717) is 11.6 Å². The quantitative estimate of drug-likeness (QED) is 0.836. The molecule has 0 saturated carbocycles. The molecule has 1 amide bonds. The summed E-state index contributed by atoms with van der Waals surface area (Å²) in [6.45, 7) is 1.95. The minimum atomic E-state index is -0.603. The topological polar surface area (TPSA) is 85.0 Å². The Morgan fingerprint density at radius 3 is 2.61 bits per heavy atom. The first-order valence-corrected chi connectivity index (χ1v) is 7.14. The van der Waals surface area contributed by atoms with Crippen LogP contribution in [-0.2, 0) is 6.61 Å². The normalized spacial score (nSPS) is 11.8. The maximum absolute atomic E-state index is 12.1. The van der Waals surface area contributed by atoms with Gasteiger partial charge in [0.2, 0.25) is 5.89 Å². The lowest BCUT2D eigenvalue weighted by atomic mass is 10.3. The number of benzene rings is 1. The fraction of sp³-hybridized carbons (Fsp3) is 0.375. The third-order valence-corrected chi connectivity index (χ3v) is 3.08. The lowest BCUT2D eigenvalue weighted by molar-refractivity contribution is 0.0698. The number of hydrogen-bond donors (Lipinski definition) is 1. The molecule has 7 nitrogen and oxygen atoms in total. The fourth-order valence-electron chi connectivity index (χ4n) is 1.97. The number of methoxy groups -OCH3 is 1. The Bertz CT molecular complexity index is 636. The Morgan fingerprint density at radius 1 is 1.35 bits per heavy atom. The summed E-state index contributed by atoms with van der Waals surface area (Å²) in [4.78, 5) is 17.6. The highest BCUT2D eigenvalue weighted by Crippen LogP contribution is 2.18. The zero-order valence-corrected chi connectivity index (χ0v) is 13.4. The first kappa shape index (κ1) is 16.8. The number of amides is 1. The van der Waals surface area contributed by atoms with Crippen LogP contribution >= 0.6 is 0 Å². The highest BCUT2D eigenvalue weighted by molar-refractivity contribution is 5.91. The van der Waals surface area contributed by atoms with Crippen molar-refractivity contribution >= 4 is 5.91 Å². The molecule has 2 aromatic rings. The second-order valence-electron chi connectivity index (χ2n) is 5.13. The van der Waals surface area contributed by atoms with Gasteiger partial charge in [0.25, 0.3) is 5.91 Å². The van der Waals surface area contributed by atoms with Crippen LogP contribution in [0.2, 0.25) is 0 Å². The number of hydrogen-bond acceptors (Lipinski definition) is 6. The van der Waals surface area contributed by atoms with Crippen LogP contribution in [0.3, 0.4) is 0 Å². The van der Waals surface area contributed by atoms with Gasteiger partial charge in [0.15, 0.2) is 12.3 Å². The molecule has 2 rings (SSSR count). The summed E-state index contributed by atoms with van der Waals surface area (Å²) in [5.41, 5.74) is 0.182. The molecule has 0 radical (unpaired) electrons. The van der Waals surface area contributed by atoms with Crippen molar-refractivity contribution < 1.29 is 23.8 Å². The molecule has 0 aliphatic heterocycles. The number of aliphatic hydroxyl groups excluding tert-OH is 1. The number of carbonyl (C=O) groups excluding carboxylic acids is 1. The first-order chi connectivity index (χ1) is 11.0. The number of oxazole rings is 1. The molecule has 124 valence electrons. The number of likely N-dealkylation sites (N-methyl/N-ethyl adjacent to an activating group) is 1. The van der Waals surface area contributed by atoms with Crippen LogP contribution in [-0.4, -0.2) is 47.7 Å². The maximum Gasteiger partial charge on any atom is 0.275 e. The van der Waals surface area contributed by atoms with E-state index >= 15 is 0 Å². The SMILES string of the molecule is COc1ccc(OCc2nc(C(=O)N(C)C[C@H](C)O)co2)cc1. The lowest BCUT2D eigenvalue weighted by Crippen LogP contribution is -2.33. The maximum atomic E-state index is 12.1. The van der Waals surface area contributed by atoms with Gasteiger partial charge < -0.3 is 23.9 Å². The number of aromatic nitrogens is 1. The molecule has 1 atom stereocenters. The van der Waals surface area contributed by atoms with E-state index in [2.05, 4.69) is 4.98 Å². The molecule has 0 bridgehead atoms. The van der Waals surface area contributed by atoms with Crippen molar-refractivity contribution in [2.75, 3.05) is 20.7 Å². The molecule has 0 aliphatic carbocycles.